The van der Waals surface area contributed by atoms with Gasteiger partial charge in [-0.25, -0.2) is 0 Å². The van der Waals surface area contributed by atoms with E-state index in [-0.39, 0.29) is 0 Å². The van der Waals surface area contributed by atoms with Crippen LogP contribution in [0, 0.1) is 5.21 Å². The summed E-state index contributed by atoms with van der Waals surface area (Å²) in [6.45, 7) is 5.78. The van der Waals surface area contributed by atoms with Crippen molar-refractivity contribution >= 4 is 0 Å². The quantitative estimate of drug-likeness (QED) is 0.318. The van der Waals surface area contributed by atoms with Gasteiger partial charge >= 0.3 is 0 Å². The van der Waals surface area contributed by atoms with Gasteiger partial charge in [0.05, 0.1) is 13.1 Å². The van der Waals surface area contributed by atoms with Gasteiger partial charge < -0.3 is 10.3 Å². The van der Waals surface area contributed by atoms with Crippen LogP contribution in [0.1, 0.15) is 104 Å². The summed E-state index contributed by atoms with van der Waals surface area (Å²) >= 11 is 0. The maximum Gasteiger partial charge on any atom is 0.0768 e. The van der Waals surface area contributed by atoms with Gasteiger partial charge in [-0.3, -0.25) is 0 Å². The first-order chi connectivity index (χ1) is 9.81. The third-order valence-electron chi connectivity index (χ3n) is 4.20. The third-order valence-corrected chi connectivity index (χ3v) is 4.20. The summed E-state index contributed by atoms with van der Waals surface area (Å²) in [4.78, 5) is 0. The van der Waals surface area contributed by atoms with Crippen molar-refractivity contribution in [3.8, 4) is 0 Å². The molecule has 2 heteroatoms. The molecule has 1 unspecified atom stereocenters. The number of nitrogens with one attached hydrogen (secondary N) is 1. The molecule has 0 saturated carbocycles. The Balaban J connectivity index is 2.96. The Hall–Kier alpha value is -0.0800. The Morgan fingerprint density at radius 1 is 0.550 bits per heavy atom. The minimum Gasteiger partial charge on any atom is -0.634 e. The summed E-state index contributed by atoms with van der Waals surface area (Å²) in [6, 6.07) is 0. The minimum atomic E-state index is 0.434. The van der Waals surface area contributed by atoms with E-state index in [0.717, 1.165) is 19.5 Å². The van der Waals surface area contributed by atoms with E-state index in [9.17, 15) is 5.21 Å². The van der Waals surface area contributed by atoms with Gasteiger partial charge in [-0.1, -0.05) is 84.0 Å². The van der Waals surface area contributed by atoms with E-state index in [0.29, 0.717) is 5.06 Å². The molecule has 0 amide bonds. The summed E-state index contributed by atoms with van der Waals surface area (Å²) in [5.41, 5.74) is 0. The molecule has 122 valence electrons. The highest BCUT2D eigenvalue weighted by molar-refractivity contribution is 4.49. The first-order valence-electron chi connectivity index (χ1n) is 9.33. The van der Waals surface area contributed by atoms with Crippen LogP contribution in [0.4, 0.5) is 0 Å². The summed E-state index contributed by atoms with van der Waals surface area (Å²) < 4.78 is 0. The van der Waals surface area contributed by atoms with Crippen LogP contribution in [0.15, 0.2) is 0 Å². The lowest BCUT2D eigenvalue weighted by Gasteiger charge is -2.19. The van der Waals surface area contributed by atoms with E-state index >= 15 is 0 Å². The van der Waals surface area contributed by atoms with Gasteiger partial charge in [-0.2, -0.15) is 0 Å². The van der Waals surface area contributed by atoms with Crippen LogP contribution in [0.2, 0.25) is 0 Å². The SMILES string of the molecule is CCCCCCCCCCCCCCCC[NH+]([O-])CC. The molecule has 1 atom stereocenters. The average Bonchev–Trinajstić information content (AvgIpc) is 2.47. The van der Waals surface area contributed by atoms with Crippen molar-refractivity contribution in [1.82, 2.24) is 0 Å². The number of quaternary nitrogens is 1. The molecule has 0 aliphatic carbocycles. The largest absolute Gasteiger partial charge is 0.634 e. The molecule has 0 aromatic carbocycles. The molecule has 0 aromatic rings. The van der Waals surface area contributed by atoms with E-state index in [1.165, 1.54) is 83.5 Å². The van der Waals surface area contributed by atoms with Crippen molar-refractivity contribution < 1.29 is 5.06 Å². The second kappa shape index (κ2) is 17.0. The van der Waals surface area contributed by atoms with Crippen LogP contribution in [0.5, 0.6) is 0 Å². The summed E-state index contributed by atoms with van der Waals surface area (Å²) in [6.07, 6.45) is 19.3. The molecule has 0 fully saturated rings. The lowest BCUT2D eigenvalue weighted by molar-refractivity contribution is -0.846. The fourth-order valence-corrected chi connectivity index (χ4v) is 2.69. The fourth-order valence-electron chi connectivity index (χ4n) is 2.69. The number of hydrogen-bond acceptors (Lipinski definition) is 1. The van der Waals surface area contributed by atoms with E-state index in [1.807, 2.05) is 6.92 Å². The van der Waals surface area contributed by atoms with Crippen molar-refractivity contribution in [3.05, 3.63) is 5.21 Å². The average molecular weight is 286 g/mol. The maximum absolute atomic E-state index is 11.1. The van der Waals surface area contributed by atoms with Gasteiger partial charge in [0, 0.05) is 0 Å². The highest BCUT2D eigenvalue weighted by atomic mass is 16.5. The van der Waals surface area contributed by atoms with Crippen molar-refractivity contribution in [3.63, 3.8) is 0 Å². The Morgan fingerprint density at radius 3 is 1.25 bits per heavy atom. The van der Waals surface area contributed by atoms with E-state index in [2.05, 4.69) is 6.92 Å². The highest BCUT2D eigenvalue weighted by Crippen LogP contribution is 2.12. The lowest BCUT2D eigenvalue weighted by Crippen LogP contribution is -3.06. The van der Waals surface area contributed by atoms with E-state index < -0.39 is 0 Å². The molecule has 0 radical (unpaired) electrons. The molecule has 0 saturated heterocycles. The van der Waals surface area contributed by atoms with Gasteiger partial charge in [0.15, 0.2) is 0 Å². The van der Waals surface area contributed by atoms with Gasteiger partial charge in [0.1, 0.15) is 0 Å². The van der Waals surface area contributed by atoms with Gasteiger partial charge in [-0.05, 0) is 19.8 Å². The van der Waals surface area contributed by atoms with Crippen LogP contribution >= 0.6 is 0 Å². The molecular weight excluding hydrogens is 246 g/mol. The first-order valence-corrected chi connectivity index (χ1v) is 9.33. The molecule has 20 heavy (non-hydrogen) atoms. The summed E-state index contributed by atoms with van der Waals surface area (Å²) in [5, 5.41) is 11.6. The van der Waals surface area contributed by atoms with Crippen molar-refractivity contribution in [2.75, 3.05) is 13.1 Å². The number of rotatable bonds is 16. The van der Waals surface area contributed by atoms with Crippen LogP contribution in [0.25, 0.3) is 0 Å². The number of unbranched alkanes of at least 4 members (excludes halogenated alkanes) is 13. The predicted octanol–water partition coefficient (Wildman–Crippen LogP) is 4.87. The van der Waals surface area contributed by atoms with Gasteiger partial charge in [0.2, 0.25) is 0 Å². The lowest BCUT2D eigenvalue weighted by atomic mass is 10.0. The van der Waals surface area contributed by atoms with Crippen LogP contribution < -0.4 is 5.06 Å². The molecule has 0 aliphatic rings. The summed E-state index contributed by atoms with van der Waals surface area (Å²) in [5.74, 6) is 0. The maximum atomic E-state index is 11.1. The highest BCUT2D eigenvalue weighted by Gasteiger charge is 1.95. The van der Waals surface area contributed by atoms with Crippen molar-refractivity contribution in [2.45, 2.75) is 104 Å². The minimum absolute atomic E-state index is 0.434. The molecule has 0 rings (SSSR count). The number of hydrogen-bond donors (Lipinski definition) is 1. The summed E-state index contributed by atoms with van der Waals surface area (Å²) in [7, 11) is 0. The van der Waals surface area contributed by atoms with Crippen LogP contribution in [-0.4, -0.2) is 13.1 Å². The normalized spacial score (nSPS) is 12.8. The molecule has 2 nitrogen and oxygen atoms in total. The molecular formula is C18H39NO. The van der Waals surface area contributed by atoms with Crippen LogP contribution in [-0.2, 0) is 0 Å². The Bertz CT molecular complexity index is 173. The Labute approximate surface area is 127 Å². The molecule has 0 aliphatic heterocycles. The number of hydroxylamine groups is 2. The fraction of sp³-hybridized carbons (Fsp3) is 1.00. The zero-order chi connectivity index (χ0) is 14.9. The predicted molar refractivity (Wildman–Crippen MR) is 90.0 cm³/mol. The molecule has 0 bridgehead atoms. The standard InChI is InChI=1S/C18H39NO/c1-3-5-6-7-8-9-10-11-12-13-14-15-16-17-18-19(20)4-2/h19H,3-18H2,1-2H3. The van der Waals surface area contributed by atoms with Crippen LogP contribution in [0.3, 0.4) is 0 Å². The smallest absolute Gasteiger partial charge is 0.0768 e. The monoisotopic (exact) mass is 285 g/mol. The first kappa shape index (κ1) is 19.9. The zero-order valence-electron chi connectivity index (χ0n) is 14.2. The van der Waals surface area contributed by atoms with Crippen molar-refractivity contribution in [1.29, 1.82) is 0 Å². The topological polar surface area (TPSA) is 27.5 Å². The molecule has 1 N–H and O–H groups in total. The third kappa shape index (κ3) is 16.0. The molecule has 0 spiro atoms. The van der Waals surface area contributed by atoms with Gasteiger partial charge in [-0.15, -0.1) is 0 Å². The van der Waals surface area contributed by atoms with Crippen molar-refractivity contribution in [2.24, 2.45) is 0 Å². The van der Waals surface area contributed by atoms with E-state index in [4.69, 9.17) is 0 Å². The Morgan fingerprint density at radius 2 is 0.900 bits per heavy atom. The zero-order valence-corrected chi connectivity index (χ0v) is 14.2. The Kier molecular flexibility index (Phi) is 16.9. The second-order valence-electron chi connectivity index (χ2n) is 6.24. The van der Waals surface area contributed by atoms with E-state index in [1.54, 1.807) is 0 Å². The van der Waals surface area contributed by atoms with Gasteiger partial charge in [0.25, 0.3) is 0 Å². The molecule has 0 aromatic heterocycles. The second-order valence-corrected chi connectivity index (χ2v) is 6.24. The molecule has 0 heterocycles.